The van der Waals surface area contributed by atoms with Crippen molar-refractivity contribution in [2.45, 2.75) is 72.3 Å². The molecule has 19 heavy (non-hydrogen) atoms. The van der Waals surface area contributed by atoms with Crippen LogP contribution in [0.4, 0.5) is 0 Å². The summed E-state index contributed by atoms with van der Waals surface area (Å²) in [6.45, 7) is 8.77. The average molecular weight is 265 g/mol. The molecule has 3 nitrogen and oxygen atoms in total. The van der Waals surface area contributed by atoms with Crippen LogP contribution >= 0.6 is 0 Å². The Morgan fingerprint density at radius 1 is 1.26 bits per heavy atom. The van der Waals surface area contributed by atoms with E-state index in [0.29, 0.717) is 0 Å². The summed E-state index contributed by atoms with van der Waals surface area (Å²) in [7, 11) is 2.01. The first-order valence-electron chi connectivity index (χ1n) is 7.74. The van der Waals surface area contributed by atoms with Crippen molar-refractivity contribution in [3.63, 3.8) is 0 Å². The highest BCUT2D eigenvalue weighted by atomic mass is 15.3. The normalized spacial score (nSPS) is 14.6. The van der Waals surface area contributed by atoms with Gasteiger partial charge in [0.2, 0.25) is 0 Å². The fraction of sp³-hybridized carbons (Fsp3) is 0.812. The molecular formula is C16H31N3. The topological polar surface area (TPSA) is 43.8 Å². The molecule has 2 atom stereocenters. The lowest BCUT2D eigenvalue weighted by Crippen LogP contribution is -2.26. The third-order valence-electron chi connectivity index (χ3n) is 4.30. The Morgan fingerprint density at radius 3 is 2.42 bits per heavy atom. The molecule has 1 aromatic heterocycles. The fourth-order valence-electron chi connectivity index (χ4n) is 2.87. The smallest absolute Gasteiger partial charge is 0.0628 e. The zero-order valence-electron chi connectivity index (χ0n) is 13.4. The predicted molar refractivity (Wildman–Crippen MR) is 82.3 cm³/mol. The molecule has 2 N–H and O–H groups in total. The summed E-state index contributed by atoms with van der Waals surface area (Å²) in [5.74, 6) is 0.784. The number of rotatable bonds is 8. The van der Waals surface area contributed by atoms with Gasteiger partial charge in [-0.25, -0.2) is 0 Å². The van der Waals surface area contributed by atoms with Gasteiger partial charge < -0.3 is 5.73 Å². The van der Waals surface area contributed by atoms with E-state index in [0.717, 1.165) is 24.5 Å². The zero-order chi connectivity index (χ0) is 14.4. The van der Waals surface area contributed by atoms with E-state index in [1.807, 2.05) is 11.7 Å². The van der Waals surface area contributed by atoms with E-state index >= 15 is 0 Å². The van der Waals surface area contributed by atoms with Crippen molar-refractivity contribution in [1.29, 1.82) is 0 Å². The Bertz CT molecular complexity index is 382. The van der Waals surface area contributed by atoms with Gasteiger partial charge in [0.1, 0.15) is 0 Å². The minimum absolute atomic E-state index is 0.267. The van der Waals surface area contributed by atoms with Gasteiger partial charge in [-0.2, -0.15) is 5.10 Å². The monoisotopic (exact) mass is 265 g/mol. The molecule has 0 aliphatic carbocycles. The summed E-state index contributed by atoms with van der Waals surface area (Å²) in [4.78, 5) is 0. The molecule has 0 fully saturated rings. The first-order valence-corrected chi connectivity index (χ1v) is 7.74. The third kappa shape index (κ3) is 4.64. The maximum atomic E-state index is 6.36. The molecule has 110 valence electrons. The van der Waals surface area contributed by atoms with Gasteiger partial charge in [-0.05, 0) is 38.2 Å². The van der Waals surface area contributed by atoms with Crippen LogP contribution in [0.2, 0.25) is 0 Å². The van der Waals surface area contributed by atoms with E-state index in [1.54, 1.807) is 0 Å². The Balaban J connectivity index is 2.56. The van der Waals surface area contributed by atoms with E-state index in [9.17, 15) is 0 Å². The van der Waals surface area contributed by atoms with Gasteiger partial charge in [-0.1, -0.05) is 39.5 Å². The van der Waals surface area contributed by atoms with E-state index in [4.69, 9.17) is 5.73 Å². The second-order valence-corrected chi connectivity index (χ2v) is 5.89. The number of hydrogen-bond donors (Lipinski definition) is 1. The summed E-state index contributed by atoms with van der Waals surface area (Å²) in [5.41, 5.74) is 10.1. The van der Waals surface area contributed by atoms with Gasteiger partial charge >= 0.3 is 0 Å². The second kappa shape index (κ2) is 7.68. The number of nitrogens with zero attached hydrogens (tertiary/aromatic N) is 2. The van der Waals surface area contributed by atoms with Crippen LogP contribution in [0, 0.1) is 19.8 Å². The molecule has 0 saturated heterocycles. The molecule has 2 unspecified atom stereocenters. The summed E-state index contributed by atoms with van der Waals surface area (Å²) in [5, 5.41) is 4.47. The molecule has 1 heterocycles. The highest BCUT2D eigenvalue weighted by Crippen LogP contribution is 2.21. The molecule has 3 heteroatoms. The van der Waals surface area contributed by atoms with Crippen molar-refractivity contribution >= 4 is 0 Å². The first kappa shape index (κ1) is 16.2. The zero-order valence-corrected chi connectivity index (χ0v) is 13.4. The molecule has 0 radical (unpaired) electrons. The van der Waals surface area contributed by atoms with E-state index in [1.165, 1.54) is 36.9 Å². The van der Waals surface area contributed by atoms with Crippen LogP contribution in [-0.2, 0) is 13.5 Å². The minimum Gasteiger partial charge on any atom is -0.327 e. The van der Waals surface area contributed by atoms with Gasteiger partial charge in [-0.15, -0.1) is 0 Å². The first-order chi connectivity index (χ1) is 8.99. The van der Waals surface area contributed by atoms with Gasteiger partial charge in [0, 0.05) is 18.8 Å². The van der Waals surface area contributed by atoms with Crippen LogP contribution in [0.5, 0.6) is 0 Å². The lowest BCUT2D eigenvalue weighted by atomic mass is 9.89. The molecule has 0 aliphatic heterocycles. The Kier molecular flexibility index (Phi) is 6.56. The highest BCUT2D eigenvalue weighted by molar-refractivity contribution is 5.25. The molecule has 1 aromatic rings. The van der Waals surface area contributed by atoms with Crippen LogP contribution in [-0.4, -0.2) is 15.8 Å². The summed E-state index contributed by atoms with van der Waals surface area (Å²) in [6.07, 6.45) is 7.30. The predicted octanol–water partition coefficient (Wildman–Crippen LogP) is 3.51. The highest BCUT2D eigenvalue weighted by Gasteiger charge is 2.16. The van der Waals surface area contributed by atoms with Crippen molar-refractivity contribution in [2.24, 2.45) is 18.7 Å². The van der Waals surface area contributed by atoms with Crippen molar-refractivity contribution in [3.05, 3.63) is 17.0 Å². The number of unbranched alkanes of at least 4 members (excludes halogenated alkanes) is 1. The number of aromatic nitrogens is 2. The largest absolute Gasteiger partial charge is 0.327 e. The molecule has 0 bridgehead atoms. The molecule has 0 aromatic carbocycles. The second-order valence-electron chi connectivity index (χ2n) is 5.89. The van der Waals surface area contributed by atoms with Gasteiger partial charge in [-0.3, -0.25) is 4.68 Å². The van der Waals surface area contributed by atoms with E-state index < -0.39 is 0 Å². The molecule has 0 amide bonds. The number of nitrogens with two attached hydrogens (primary N) is 1. The maximum absolute atomic E-state index is 6.36. The van der Waals surface area contributed by atoms with Crippen molar-refractivity contribution in [3.8, 4) is 0 Å². The quantitative estimate of drug-likeness (QED) is 0.781. The number of hydrogen-bond acceptors (Lipinski definition) is 2. The SMILES string of the molecule is CCCCC(CC)CC(N)Cc1c(C)nn(C)c1C. The van der Waals surface area contributed by atoms with Crippen LogP contribution in [0.15, 0.2) is 0 Å². The van der Waals surface area contributed by atoms with E-state index in [-0.39, 0.29) is 6.04 Å². The van der Waals surface area contributed by atoms with E-state index in [2.05, 4.69) is 32.8 Å². The van der Waals surface area contributed by atoms with Crippen molar-refractivity contribution < 1.29 is 0 Å². The molecular weight excluding hydrogens is 234 g/mol. The lowest BCUT2D eigenvalue weighted by molar-refractivity contribution is 0.382. The fourth-order valence-corrected chi connectivity index (χ4v) is 2.87. The molecule has 0 saturated carbocycles. The minimum atomic E-state index is 0.267. The van der Waals surface area contributed by atoms with Crippen molar-refractivity contribution in [2.75, 3.05) is 0 Å². The van der Waals surface area contributed by atoms with Crippen LogP contribution in [0.1, 0.15) is 62.9 Å². The Hall–Kier alpha value is -0.830. The Labute approximate surface area is 118 Å². The standard InChI is InChI=1S/C16H31N3/c1-6-8-9-14(7-2)10-15(17)11-16-12(3)18-19(5)13(16)4/h14-15H,6-11,17H2,1-5H3. The van der Waals surface area contributed by atoms with Crippen molar-refractivity contribution in [1.82, 2.24) is 9.78 Å². The molecule has 0 aliphatic rings. The lowest BCUT2D eigenvalue weighted by Gasteiger charge is -2.19. The van der Waals surface area contributed by atoms with Crippen LogP contribution in [0.25, 0.3) is 0 Å². The maximum Gasteiger partial charge on any atom is 0.0628 e. The van der Waals surface area contributed by atoms with Gasteiger partial charge in [0.25, 0.3) is 0 Å². The van der Waals surface area contributed by atoms with Crippen LogP contribution in [0.3, 0.4) is 0 Å². The van der Waals surface area contributed by atoms with Crippen LogP contribution < -0.4 is 5.73 Å². The third-order valence-corrected chi connectivity index (χ3v) is 4.30. The molecule has 0 spiro atoms. The Morgan fingerprint density at radius 2 is 1.95 bits per heavy atom. The number of aryl methyl sites for hydroxylation is 2. The summed E-state index contributed by atoms with van der Waals surface area (Å²) >= 11 is 0. The van der Waals surface area contributed by atoms with Gasteiger partial charge in [0.15, 0.2) is 0 Å². The molecule has 1 rings (SSSR count). The average Bonchev–Trinajstić information content (AvgIpc) is 2.61. The summed E-state index contributed by atoms with van der Waals surface area (Å²) in [6, 6.07) is 0.267. The van der Waals surface area contributed by atoms with Gasteiger partial charge in [0.05, 0.1) is 5.69 Å². The summed E-state index contributed by atoms with van der Waals surface area (Å²) < 4.78 is 1.96.